The van der Waals surface area contributed by atoms with Crippen LogP contribution in [-0.2, 0) is 25.4 Å². The molecule has 0 fully saturated rings. The molecule has 86 valence electrons. The van der Waals surface area contributed by atoms with Gasteiger partial charge in [0.1, 0.15) is 0 Å². The maximum Gasteiger partial charge on any atom is 0.400 e. The molecule has 0 bridgehead atoms. The van der Waals surface area contributed by atoms with E-state index in [0.29, 0.717) is 0 Å². The SMILES string of the molecule is CCOS(=O)(=O)OCc1ccccc1.N. The average molecular weight is 233 g/mol. The molecule has 15 heavy (non-hydrogen) atoms. The molecule has 0 atom stereocenters. The Hall–Kier alpha value is -0.950. The van der Waals surface area contributed by atoms with E-state index >= 15 is 0 Å². The van der Waals surface area contributed by atoms with Crippen molar-refractivity contribution in [2.24, 2.45) is 0 Å². The minimum Gasteiger partial charge on any atom is -0.344 e. The Morgan fingerprint density at radius 2 is 1.73 bits per heavy atom. The van der Waals surface area contributed by atoms with E-state index in [1.165, 1.54) is 0 Å². The molecule has 0 saturated heterocycles. The van der Waals surface area contributed by atoms with Crippen molar-refractivity contribution in [3.8, 4) is 0 Å². The standard InChI is InChI=1S/C9H12O4S.H3N/c1-2-12-14(10,11)13-8-9-6-4-3-5-7-9;/h3-7H,2,8H2,1H3;1H3. The predicted molar refractivity (Wildman–Crippen MR) is 56.8 cm³/mol. The highest BCUT2D eigenvalue weighted by Crippen LogP contribution is 2.04. The first-order valence-corrected chi connectivity index (χ1v) is 5.55. The molecule has 0 spiro atoms. The quantitative estimate of drug-likeness (QED) is 0.835. The van der Waals surface area contributed by atoms with E-state index in [2.05, 4.69) is 8.37 Å². The summed E-state index contributed by atoms with van der Waals surface area (Å²) in [6.07, 6.45) is 0. The molecule has 0 heterocycles. The second-order valence-corrected chi connectivity index (χ2v) is 3.85. The largest absolute Gasteiger partial charge is 0.400 e. The molecule has 6 heteroatoms. The van der Waals surface area contributed by atoms with Crippen molar-refractivity contribution in [1.29, 1.82) is 0 Å². The summed E-state index contributed by atoms with van der Waals surface area (Å²) in [6, 6.07) is 9.03. The van der Waals surface area contributed by atoms with E-state index in [-0.39, 0.29) is 19.4 Å². The number of benzene rings is 1. The zero-order valence-electron chi connectivity index (χ0n) is 8.55. The van der Waals surface area contributed by atoms with Crippen molar-refractivity contribution in [2.75, 3.05) is 6.61 Å². The van der Waals surface area contributed by atoms with Crippen molar-refractivity contribution >= 4 is 10.4 Å². The Bertz CT molecular complexity index is 363. The monoisotopic (exact) mass is 233 g/mol. The van der Waals surface area contributed by atoms with Gasteiger partial charge >= 0.3 is 10.4 Å². The highest BCUT2D eigenvalue weighted by atomic mass is 32.3. The Labute approximate surface area is 89.9 Å². The molecular formula is C9H15NO4S. The molecular weight excluding hydrogens is 218 g/mol. The van der Waals surface area contributed by atoms with Gasteiger partial charge in [-0.3, -0.25) is 0 Å². The molecule has 0 aliphatic heterocycles. The molecule has 0 aliphatic rings. The van der Waals surface area contributed by atoms with E-state index in [4.69, 9.17) is 0 Å². The Kier molecular flexibility index (Phi) is 6.11. The van der Waals surface area contributed by atoms with Gasteiger partial charge in [0.15, 0.2) is 0 Å². The van der Waals surface area contributed by atoms with Crippen molar-refractivity contribution < 1.29 is 16.8 Å². The molecule has 0 saturated carbocycles. The molecule has 0 aliphatic carbocycles. The van der Waals surface area contributed by atoms with Crippen molar-refractivity contribution in [1.82, 2.24) is 6.15 Å². The zero-order chi connectivity index (χ0) is 10.4. The highest BCUT2D eigenvalue weighted by molar-refractivity contribution is 7.81. The topological polar surface area (TPSA) is 87.6 Å². The number of rotatable bonds is 5. The van der Waals surface area contributed by atoms with Gasteiger partial charge in [0.05, 0.1) is 13.2 Å². The van der Waals surface area contributed by atoms with Gasteiger partial charge in [-0.2, -0.15) is 8.42 Å². The lowest BCUT2D eigenvalue weighted by Gasteiger charge is -2.03. The van der Waals surface area contributed by atoms with Crippen LogP contribution >= 0.6 is 0 Å². The van der Waals surface area contributed by atoms with Crippen LogP contribution in [0, 0.1) is 0 Å². The lowest BCUT2D eigenvalue weighted by atomic mass is 10.2. The summed E-state index contributed by atoms with van der Waals surface area (Å²) < 4.78 is 30.9. The fourth-order valence-corrected chi connectivity index (χ4v) is 1.53. The summed E-state index contributed by atoms with van der Waals surface area (Å²) in [5, 5.41) is 0. The molecule has 0 unspecified atom stereocenters. The van der Waals surface area contributed by atoms with Crippen molar-refractivity contribution in [3.05, 3.63) is 35.9 Å². The van der Waals surface area contributed by atoms with Gasteiger partial charge in [0, 0.05) is 0 Å². The number of hydrogen-bond acceptors (Lipinski definition) is 5. The third-order valence-electron chi connectivity index (χ3n) is 1.47. The van der Waals surface area contributed by atoms with Gasteiger partial charge in [0.25, 0.3) is 0 Å². The van der Waals surface area contributed by atoms with Crippen molar-refractivity contribution in [2.45, 2.75) is 13.5 Å². The lowest BCUT2D eigenvalue weighted by molar-refractivity contribution is 0.215. The second-order valence-electron chi connectivity index (χ2n) is 2.56. The van der Waals surface area contributed by atoms with E-state index in [9.17, 15) is 8.42 Å². The zero-order valence-corrected chi connectivity index (χ0v) is 9.37. The first-order valence-electron chi connectivity index (χ1n) is 4.22. The lowest BCUT2D eigenvalue weighted by Crippen LogP contribution is -2.09. The van der Waals surface area contributed by atoms with Crippen LogP contribution in [0.5, 0.6) is 0 Å². The minimum absolute atomic E-state index is 0. The number of hydrogen-bond donors (Lipinski definition) is 1. The Balaban J connectivity index is 0.00000196. The summed E-state index contributed by atoms with van der Waals surface area (Å²) in [6.45, 7) is 1.67. The van der Waals surface area contributed by atoms with Crippen LogP contribution in [0.25, 0.3) is 0 Å². The highest BCUT2D eigenvalue weighted by Gasteiger charge is 2.09. The van der Waals surface area contributed by atoms with Crippen molar-refractivity contribution in [3.63, 3.8) is 0 Å². The van der Waals surface area contributed by atoms with Crippen LogP contribution in [0.4, 0.5) is 0 Å². The van der Waals surface area contributed by atoms with Crippen LogP contribution in [0.2, 0.25) is 0 Å². The molecule has 0 radical (unpaired) electrons. The van der Waals surface area contributed by atoms with Crippen LogP contribution in [-0.4, -0.2) is 15.0 Å². The molecule has 0 amide bonds. The first kappa shape index (κ1) is 14.1. The summed E-state index contributed by atoms with van der Waals surface area (Å²) in [5.74, 6) is 0. The molecule has 0 aromatic heterocycles. The van der Waals surface area contributed by atoms with Gasteiger partial charge in [-0.05, 0) is 12.5 Å². The second kappa shape index (κ2) is 6.52. The third kappa shape index (κ3) is 5.48. The van der Waals surface area contributed by atoms with Gasteiger partial charge in [-0.1, -0.05) is 30.3 Å². The van der Waals surface area contributed by atoms with Gasteiger partial charge < -0.3 is 6.15 Å². The van der Waals surface area contributed by atoms with E-state index in [1.807, 2.05) is 18.2 Å². The fraction of sp³-hybridized carbons (Fsp3) is 0.333. The molecule has 3 N–H and O–H groups in total. The van der Waals surface area contributed by atoms with Gasteiger partial charge in [-0.25, -0.2) is 8.37 Å². The van der Waals surface area contributed by atoms with E-state index in [1.54, 1.807) is 19.1 Å². The van der Waals surface area contributed by atoms with E-state index in [0.717, 1.165) is 5.56 Å². The Morgan fingerprint density at radius 3 is 2.27 bits per heavy atom. The third-order valence-corrected chi connectivity index (χ3v) is 2.41. The Morgan fingerprint density at radius 1 is 1.13 bits per heavy atom. The maximum absolute atomic E-state index is 11.0. The molecule has 1 aromatic rings. The average Bonchev–Trinajstić information content (AvgIpc) is 2.17. The van der Waals surface area contributed by atoms with Crippen LogP contribution in [0.1, 0.15) is 12.5 Å². The maximum atomic E-state index is 11.0. The molecule has 1 aromatic carbocycles. The summed E-state index contributed by atoms with van der Waals surface area (Å²) >= 11 is 0. The van der Waals surface area contributed by atoms with Crippen LogP contribution in [0.15, 0.2) is 30.3 Å². The van der Waals surface area contributed by atoms with Gasteiger partial charge in [0.2, 0.25) is 0 Å². The molecule has 5 nitrogen and oxygen atoms in total. The first-order chi connectivity index (χ1) is 6.64. The minimum atomic E-state index is -3.83. The summed E-state index contributed by atoms with van der Waals surface area (Å²) in [7, 11) is -3.83. The van der Waals surface area contributed by atoms with Gasteiger partial charge in [-0.15, -0.1) is 0 Å². The van der Waals surface area contributed by atoms with Crippen LogP contribution in [0.3, 0.4) is 0 Å². The molecule has 1 rings (SSSR count). The fourth-order valence-electron chi connectivity index (χ4n) is 0.893. The smallest absolute Gasteiger partial charge is 0.344 e. The summed E-state index contributed by atoms with van der Waals surface area (Å²) in [5.41, 5.74) is 0.788. The predicted octanol–water partition coefficient (Wildman–Crippen LogP) is 1.65. The van der Waals surface area contributed by atoms with E-state index < -0.39 is 10.4 Å². The summed E-state index contributed by atoms with van der Waals surface area (Å²) in [4.78, 5) is 0. The normalized spacial score (nSPS) is 10.7. The van der Waals surface area contributed by atoms with Crippen LogP contribution < -0.4 is 6.15 Å².